The van der Waals surface area contributed by atoms with Crippen molar-refractivity contribution in [2.24, 2.45) is 0 Å². The number of aliphatic hydroxyl groups is 1. The Morgan fingerprint density at radius 2 is 1.57 bits per heavy atom. The number of carbonyl (C=O) groups excluding carboxylic acids is 2. The predicted octanol–water partition coefficient (Wildman–Crippen LogP) is 5.89. The number of benzene rings is 2. The summed E-state index contributed by atoms with van der Waals surface area (Å²) in [6.45, 7) is 0. The number of hydrogen-bond acceptors (Lipinski definition) is 4. The molecule has 2 aromatic carbocycles. The molecule has 0 bridgehead atoms. The van der Waals surface area contributed by atoms with Crippen LogP contribution < -0.4 is 4.90 Å². The smallest absolute Gasteiger partial charge is 0.301 e. The molecular weight excluding hydrogens is 536 g/mol. The van der Waals surface area contributed by atoms with Gasteiger partial charge in [-0.2, -0.15) is 0 Å². The number of hydrogen-bond donors (Lipinski definition) is 1. The van der Waals surface area contributed by atoms with Gasteiger partial charge in [0.15, 0.2) is 0 Å². The monoisotopic (exact) mass is 546 g/mol. The molecule has 1 aliphatic rings. The average molecular weight is 549 g/mol. The molecule has 1 fully saturated rings. The normalized spacial score (nSPS) is 18.1. The molecule has 0 radical (unpaired) electrons. The number of halogens is 3. The van der Waals surface area contributed by atoms with Gasteiger partial charge in [-0.25, -0.2) is 4.98 Å². The van der Waals surface area contributed by atoms with Crippen LogP contribution in [0.25, 0.3) is 5.76 Å². The second-order valence-corrected chi connectivity index (χ2v) is 8.83. The lowest BCUT2D eigenvalue weighted by Crippen LogP contribution is -2.30. The largest absolute Gasteiger partial charge is 0.507 e. The highest BCUT2D eigenvalue weighted by molar-refractivity contribution is 9.10. The van der Waals surface area contributed by atoms with Gasteiger partial charge in [0, 0.05) is 25.7 Å². The van der Waals surface area contributed by atoms with Gasteiger partial charge in [0.2, 0.25) is 0 Å². The van der Waals surface area contributed by atoms with Crippen LogP contribution in [0.5, 0.6) is 0 Å². The summed E-state index contributed by atoms with van der Waals surface area (Å²) in [5.41, 5.74) is 1.05. The third-order valence-electron chi connectivity index (χ3n) is 4.71. The molecule has 0 spiro atoms. The van der Waals surface area contributed by atoms with E-state index in [1.807, 2.05) is 12.1 Å². The highest BCUT2D eigenvalue weighted by Gasteiger charge is 2.47. The molecule has 1 aliphatic heterocycles. The van der Waals surface area contributed by atoms with E-state index in [2.05, 4.69) is 36.8 Å². The minimum Gasteiger partial charge on any atom is -0.507 e. The third-order valence-corrected chi connectivity index (χ3v) is 5.96. The summed E-state index contributed by atoms with van der Waals surface area (Å²) in [6.07, 6.45) is 1.55. The number of Topliss-reactive ketones (excluding diaryl/α,β-unsaturated/α-hetero) is 1. The Balaban J connectivity index is 1.93. The van der Waals surface area contributed by atoms with E-state index in [0.29, 0.717) is 22.0 Å². The Hall–Kier alpha value is -2.48. The van der Waals surface area contributed by atoms with Crippen molar-refractivity contribution in [3.05, 3.63) is 97.5 Å². The number of rotatable bonds is 3. The maximum atomic E-state index is 13.0. The maximum Gasteiger partial charge on any atom is 0.301 e. The first kappa shape index (κ1) is 20.8. The Kier molecular flexibility index (Phi) is 5.77. The van der Waals surface area contributed by atoms with Crippen molar-refractivity contribution in [3.63, 3.8) is 0 Å². The van der Waals surface area contributed by atoms with Gasteiger partial charge in [0.1, 0.15) is 11.6 Å². The Bertz CT molecular complexity index is 1160. The summed E-state index contributed by atoms with van der Waals surface area (Å²) in [7, 11) is 0. The van der Waals surface area contributed by atoms with Crippen LogP contribution in [0.4, 0.5) is 5.82 Å². The Morgan fingerprint density at radius 1 is 0.933 bits per heavy atom. The van der Waals surface area contributed by atoms with E-state index in [1.54, 1.807) is 54.7 Å². The molecule has 5 nitrogen and oxygen atoms in total. The van der Waals surface area contributed by atoms with E-state index >= 15 is 0 Å². The summed E-state index contributed by atoms with van der Waals surface area (Å²) in [5, 5.41) is 11.5. The molecule has 8 heteroatoms. The molecular formula is C22H13Br2ClN2O3. The molecule has 0 saturated carbocycles. The molecule has 4 rings (SSSR count). The number of ketones is 1. The second-order valence-electron chi connectivity index (χ2n) is 6.56. The van der Waals surface area contributed by atoms with Crippen molar-refractivity contribution in [2.75, 3.05) is 4.90 Å². The van der Waals surface area contributed by atoms with Gasteiger partial charge in [-0.1, -0.05) is 39.7 Å². The molecule has 1 saturated heterocycles. The molecule has 3 aromatic rings. The van der Waals surface area contributed by atoms with Crippen LogP contribution in [0.2, 0.25) is 5.02 Å². The number of nitrogens with zero attached hydrogens (tertiary/aromatic N) is 2. The molecule has 0 aliphatic carbocycles. The van der Waals surface area contributed by atoms with E-state index in [9.17, 15) is 14.7 Å². The number of pyridine rings is 1. The SMILES string of the molecule is O=C1C(=O)N(c2ccc(Br)cn2)C(c2ccc(Br)cc2)/C1=C(\O)c1ccc(Cl)cc1. The fourth-order valence-electron chi connectivity index (χ4n) is 3.30. The molecule has 2 heterocycles. The van der Waals surface area contributed by atoms with Crippen molar-refractivity contribution in [1.29, 1.82) is 0 Å². The average Bonchev–Trinajstić information content (AvgIpc) is 3.00. The minimum atomic E-state index is -0.831. The first-order valence-electron chi connectivity index (χ1n) is 8.81. The van der Waals surface area contributed by atoms with Crippen LogP contribution >= 0.6 is 43.5 Å². The Morgan fingerprint density at radius 3 is 2.17 bits per heavy atom. The number of carbonyl (C=O) groups is 2. The quantitative estimate of drug-likeness (QED) is 0.252. The van der Waals surface area contributed by atoms with Gasteiger partial charge in [0.25, 0.3) is 5.78 Å². The van der Waals surface area contributed by atoms with Crippen molar-refractivity contribution in [1.82, 2.24) is 4.98 Å². The van der Waals surface area contributed by atoms with Gasteiger partial charge in [-0.05, 0) is 70.0 Å². The number of amides is 1. The van der Waals surface area contributed by atoms with Gasteiger partial charge in [-0.15, -0.1) is 0 Å². The summed E-state index contributed by atoms with van der Waals surface area (Å²) in [6, 6.07) is 16.2. The van der Waals surface area contributed by atoms with Crippen molar-refractivity contribution >= 4 is 66.7 Å². The number of anilines is 1. The summed E-state index contributed by atoms with van der Waals surface area (Å²) >= 11 is 12.7. The molecule has 1 unspecified atom stereocenters. The molecule has 1 N–H and O–H groups in total. The van der Waals surface area contributed by atoms with E-state index in [0.717, 1.165) is 8.95 Å². The summed E-state index contributed by atoms with van der Waals surface area (Å²) in [5.74, 6) is -1.49. The lowest BCUT2D eigenvalue weighted by Gasteiger charge is -2.24. The fourth-order valence-corrected chi connectivity index (χ4v) is 3.93. The van der Waals surface area contributed by atoms with Crippen molar-refractivity contribution in [3.8, 4) is 0 Å². The fraction of sp³-hybridized carbons (Fsp3) is 0.0455. The van der Waals surface area contributed by atoms with Crippen LogP contribution in [-0.4, -0.2) is 21.8 Å². The van der Waals surface area contributed by atoms with Crippen LogP contribution in [0.3, 0.4) is 0 Å². The molecule has 150 valence electrons. The Labute approximate surface area is 194 Å². The standard InChI is InChI=1S/C22H13Br2ClN2O3/c23-14-5-1-12(2-6-14)19-18(20(28)13-3-8-16(25)9-4-13)21(29)22(30)27(19)17-10-7-15(24)11-26-17/h1-11,19,28H/b20-18+. The second kappa shape index (κ2) is 8.34. The first-order valence-corrected chi connectivity index (χ1v) is 10.8. The van der Waals surface area contributed by atoms with E-state index < -0.39 is 17.7 Å². The number of aliphatic hydroxyl groups excluding tert-OH is 1. The van der Waals surface area contributed by atoms with Crippen molar-refractivity contribution < 1.29 is 14.7 Å². The molecule has 30 heavy (non-hydrogen) atoms. The zero-order valence-electron chi connectivity index (χ0n) is 15.2. The lowest BCUT2D eigenvalue weighted by molar-refractivity contribution is -0.132. The topological polar surface area (TPSA) is 70.5 Å². The summed E-state index contributed by atoms with van der Waals surface area (Å²) < 4.78 is 1.59. The zero-order valence-corrected chi connectivity index (χ0v) is 19.1. The predicted molar refractivity (Wildman–Crippen MR) is 122 cm³/mol. The minimum absolute atomic E-state index is 0.00522. The van der Waals surface area contributed by atoms with E-state index in [4.69, 9.17) is 11.6 Å². The van der Waals surface area contributed by atoms with Gasteiger partial charge < -0.3 is 5.11 Å². The van der Waals surface area contributed by atoms with Crippen LogP contribution in [0.15, 0.2) is 81.4 Å². The molecule has 1 atom stereocenters. The zero-order chi connectivity index (χ0) is 21.4. The van der Waals surface area contributed by atoms with Crippen LogP contribution in [0, 0.1) is 0 Å². The van der Waals surface area contributed by atoms with Gasteiger partial charge in [0.05, 0.1) is 11.6 Å². The molecule has 1 amide bonds. The highest BCUT2D eigenvalue weighted by Crippen LogP contribution is 2.42. The van der Waals surface area contributed by atoms with Gasteiger partial charge in [-0.3, -0.25) is 14.5 Å². The lowest BCUT2D eigenvalue weighted by atomic mass is 9.95. The van der Waals surface area contributed by atoms with Crippen LogP contribution in [0.1, 0.15) is 17.2 Å². The highest BCUT2D eigenvalue weighted by atomic mass is 79.9. The van der Waals surface area contributed by atoms with Crippen molar-refractivity contribution in [2.45, 2.75) is 6.04 Å². The van der Waals surface area contributed by atoms with E-state index in [1.165, 1.54) is 4.90 Å². The number of aromatic nitrogens is 1. The first-order chi connectivity index (χ1) is 14.4. The maximum absolute atomic E-state index is 13.0. The summed E-state index contributed by atoms with van der Waals surface area (Å²) in [4.78, 5) is 31.6. The molecule has 1 aromatic heterocycles. The van der Waals surface area contributed by atoms with Gasteiger partial charge >= 0.3 is 5.91 Å². The van der Waals surface area contributed by atoms with Crippen LogP contribution in [-0.2, 0) is 9.59 Å². The van der Waals surface area contributed by atoms with E-state index in [-0.39, 0.29) is 11.3 Å². The third kappa shape index (κ3) is 3.80.